The van der Waals surface area contributed by atoms with Crippen molar-refractivity contribution in [1.29, 1.82) is 0 Å². The van der Waals surface area contributed by atoms with Gasteiger partial charge in [-0.05, 0) is 25.0 Å². The van der Waals surface area contributed by atoms with Gasteiger partial charge in [0.15, 0.2) is 5.78 Å². The normalized spacial score (nSPS) is 47.3. The van der Waals surface area contributed by atoms with Crippen LogP contribution in [0, 0.1) is 10.8 Å². The van der Waals surface area contributed by atoms with Crippen molar-refractivity contribution in [3.8, 4) is 0 Å². The Hall–Kier alpha value is -1.77. The fourth-order valence-corrected chi connectivity index (χ4v) is 5.49. The van der Waals surface area contributed by atoms with E-state index >= 15 is 0 Å². The molecule has 2 saturated heterocycles. The van der Waals surface area contributed by atoms with Gasteiger partial charge in [0.25, 0.3) is 0 Å². The molecule has 2 aliphatic carbocycles. The van der Waals surface area contributed by atoms with Gasteiger partial charge in [0.1, 0.15) is 30.5 Å². The molecule has 8 nitrogen and oxygen atoms in total. The number of Topliss-reactive ketones (excluding diaryl/α,β-unsaturated/α-hetero) is 1. The molecule has 8 heteroatoms. The second-order valence-electron chi connectivity index (χ2n) is 8.28. The highest BCUT2D eigenvalue weighted by Crippen LogP contribution is 2.71. The first-order chi connectivity index (χ1) is 12.6. The SMILES string of the molecule is CC(=O)OC[C@@]12C(C=C(C)C(=O)[C@H]1O)OC1[C@H](OC(C)=O)C[C@@]2(C)[C@]12CO2. The summed E-state index contributed by atoms with van der Waals surface area (Å²) in [6.07, 6.45) is -1.15. The van der Waals surface area contributed by atoms with Gasteiger partial charge in [-0.25, -0.2) is 0 Å². The molecule has 0 aromatic heterocycles. The van der Waals surface area contributed by atoms with Crippen LogP contribution >= 0.6 is 0 Å². The highest BCUT2D eigenvalue weighted by atomic mass is 16.7. The lowest BCUT2D eigenvalue weighted by Crippen LogP contribution is -2.70. The molecular weight excluding hydrogens is 356 g/mol. The van der Waals surface area contributed by atoms with E-state index in [1.807, 2.05) is 6.92 Å². The number of aliphatic hydroxyl groups excluding tert-OH is 1. The largest absolute Gasteiger partial charge is 0.465 e. The van der Waals surface area contributed by atoms with Crippen LogP contribution < -0.4 is 0 Å². The smallest absolute Gasteiger partial charge is 0.302 e. The number of hydrogen-bond acceptors (Lipinski definition) is 8. The Kier molecular flexibility index (Phi) is 3.87. The van der Waals surface area contributed by atoms with Gasteiger partial charge in [0.05, 0.1) is 18.1 Å². The van der Waals surface area contributed by atoms with Crippen molar-refractivity contribution in [2.45, 2.75) is 64.1 Å². The third-order valence-electron chi connectivity index (χ3n) is 6.98. The number of aliphatic hydroxyl groups is 1. The minimum Gasteiger partial charge on any atom is -0.465 e. The Bertz CT molecular complexity index is 753. The number of hydrogen-bond donors (Lipinski definition) is 1. The average Bonchev–Trinajstić information content (AvgIpc) is 3.34. The van der Waals surface area contributed by atoms with Crippen molar-refractivity contribution in [3.05, 3.63) is 11.6 Å². The van der Waals surface area contributed by atoms with Crippen LogP contribution in [0.15, 0.2) is 11.6 Å². The molecule has 3 fully saturated rings. The van der Waals surface area contributed by atoms with Gasteiger partial charge in [0, 0.05) is 19.3 Å². The number of carbonyl (C=O) groups excluding carboxylic acids is 3. The number of ketones is 1. The highest BCUT2D eigenvalue weighted by Gasteiger charge is 2.84. The predicted molar refractivity (Wildman–Crippen MR) is 89.5 cm³/mol. The van der Waals surface area contributed by atoms with E-state index in [-0.39, 0.29) is 6.61 Å². The van der Waals surface area contributed by atoms with E-state index < -0.39 is 58.6 Å². The number of epoxide rings is 1. The molecule has 0 aromatic rings. The molecular formula is C19H24O8. The van der Waals surface area contributed by atoms with Gasteiger partial charge in [-0.1, -0.05) is 6.92 Å². The molecule has 2 bridgehead atoms. The third-order valence-corrected chi connectivity index (χ3v) is 6.98. The molecule has 0 amide bonds. The van der Waals surface area contributed by atoms with E-state index in [1.165, 1.54) is 13.8 Å². The van der Waals surface area contributed by atoms with Gasteiger partial charge in [0.2, 0.25) is 0 Å². The summed E-state index contributed by atoms with van der Waals surface area (Å²) < 4.78 is 22.9. The van der Waals surface area contributed by atoms with E-state index in [0.717, 1.165) is 0 Å². The number of rotatable bonds is 3. The maximum absolute atomic E-state index is 12.7. The topological polar surface area (TPSA) is 112 Å². The fourth-order valence-electron chi connectivity index (χ4n) is 5.49. The molecule has 1 saturated carbocycles. The number of fused-ring (bicyclic) bond motifs is 2. The second kappa shape index (κ2) is 5.62. The Morgan fingerprint density at radius 2 is 2.00 bits per heavy atom. The number of ether oxygens (including phenoxy) is 4. The Morgan fingerprint density at radius 1 is 1.33 bits per heavy atom. The molecule has 27 heavy (non-hydrogen) atoms. The minimum absolute atomic E-state index is 0.190. The maximum Gasteiger partial charge on any atom is 0.302 e. The van der Waals surface area contributed by atoms with Crippen molar-refractivity contribution in [3.63, 3.8) is 0 Å². The van der Waals surface area contributed by atoms with Crippen molar-refractivity contribution in [2.75, 3.05) is 13.2 Å². The first kappa shape index (κ1) is 18.6. The highest BCUT2D eigenvalue weighted by molar-refractivity contribution is 6.00. The molecule has 0 radical (unpaired) electrons. The molecule has 4 aliphatic rings. The average molecular weight is 380 g/mol. The summed E-state index contributed by atoms with van der Waals surface area (Å²) >= 11 is 0. The lowest BCUT2D eigenvalue weighted by Gasteiger charge is -2.58. The van der Waals surface area contributed by atoms with Crippen molar-refractivity contribution in [1.82, 2.24) is 0 Å². The van der Waals surface area contributed by atoms with Gasteiger partial charge < -0.3 is 24.1 Å². The van der Waals surface area contributed by atoms with E-state index in [1.54, 1.807) is 13.0 Å². The van der Waals surface area contributed by atoms with Gasteiger partial charge in [-0.15, -0.1) is 0 Å². The molecule has 2 heterocycles. The third kappa shape index (κ3) is 2.17. The first-order valence-corrected chi connectivity index (χ1v) is 9.10. The Labute approximate surface area is 156 Å². The lowest BCUT2D eigenvalue weighted by atomic mass is 9.50. The molecule has 148 valence electrons. The molecule has 7 atom stereocenters. The standard InChI is InChI=1S/C19H24O8/c1-9-5-13-18(7-24-10(2)20,15(23)14(9)22)17(4)6-12(26-11(3)21)16(27-13)19(17)8-25-19/h5,12-13,15-16,23H,6-8H2,1-4H3/t12-,13?,15-,16?,17-,18-,19+/m1/s1. The zero-order chi connectivity index (χ0) is 19.8. The number of esters is 2. The summed E-state index contributed by atoms with van der Waals surface area (Å²) in [6.45, 7) is 6.30. The van der Waals surface area contributed by atoms with Crippen LogP contribution in [0.1, 0.15) is 34.1 Å². The van der Waals surface area contributed by atoms with E-state index in [4.69, 9.17) is 18.9 Å². The Morgan fingerprint density at radius 3 is 2.56 bits per heavy atom. The molecule has 2 aliphatic heterocycles. The van der Waals surface area contributed by atoms with E-state index in [0.29, 0.717) is 18.6 Å². The van der Waals surface area contributed by atoms with Crippen LogP contribution in [-0.4, -0.2) is 66.1 Å². The van der Waals surface area contributed by atoms with Crippen LogP contribution in [0.4, 0.5) is 0 Å². The minimum atomic E-state index is -1.42. The zero-order valence-electron chi connectivity index (χ0n) is 15.8. The summed E-state index contributed by atoms with van der Waals surface area (Å²) in [5.74, 6) is -1.37. The van der Waals surface area contributed by atoms with Crippen molar-refractivity contribution in [2.24, 2.45) is 10.8 Å². The van der Waals surface area contributed by atoms with Crippen LogP contribution in [0.3, 0.4) is 0 Å². The van der Waals surface area contributed by atoms with Gasteiger partial charge in [-0.3, -0.25) is 14.4 Å². The van der Waals surface area contributed by atoms with Crippen LogP contribution in [0.2, 0.25) is 0 Å². The van der Waals surface area contributed by atoms with Crippen LogP contribution in [0.25, 0.3) is 0 Å². The predicted octanol–water partition coefficient (Wildman–Crippen LogP) is 0.304. The van der Waals surface area contributed by atoms with Gasteiger partial charge >= 0.3 is 11.9 Å². The quantitative estimate of drug-likeness (QED) is 0.550. The molecule has 0 aromatic carbocycles. The second-order valence-corrected chi connectivity index (χ2v) is 8.28. The number of carbonyl (C=O) groups is 3. The van der Waals surface area contributed by atoms with Crippen molar-refractivity contribution >= 4 is 17.7 Å². The molecule has 1 spiro atoms. The molecule has 2 unspecified atom stereocenters. The maximum atomic E-state index is 12.7. The summed E-state index contributed by atoms with van der Waals surface area (Å²) in [4.78, 5) is 35.9. The Balaban J connectivity index is 1.86. The zero-order valence-corrected chi connectivity index (χ0v) is 15.8. The summed E-state index contributed by atoms with van der Waals surface area (Å²) in [5.41, 5.74) is -2.41. The van der Waals surface area contributed by atoms with Gasteiger partial charge in [-0.2, -0.15) is 0 Å². The van der Waals surface area contributed by atoms with Crippen LogP contribution in [-0.2, 0) is 33.3 Å². The monoisotopic (exact) mass is 380 g/mol. The first-order valence-electron chi connectivity index (χ1n) is 9.10. The summed E-state index contributed by atoms with van der Waals surface area (Å²) in [7, 11) is 0. The summed E-state index contributed by atoms with van der Waals surface area (Å²) in [5, 5.41) is 11.1. The van der Waals surface area contributed by atoms with E-state index in [2.05, 4.69) is 0 Å². The summed E-state index contributed by atoms with van der Waals surface area (Å²) in [6, 6.07) is 0. The fraction of sp³-hybridized carbons (Fsp3) is 0.737. The van der Waals surface area contributed by atoms with Crippen molar-refractivity contribution < 1.29 is 38.4 Å². The molecule has 1 N–H and O–H groups in total. The lowest BCUT2D eigenvalue weighted by molar-refractivity contribution is -0.248. The van der Waals surface area contributed by atoms with E-state index in [9.17, 15) is 19.5 Å². The van der Waals surface area contributed by atoms with Crippen LogP contribution in [0.5, 0.6) is 0 Å². The molecule has 4 rings (SSSR count).